The molecule has 0 radical (unpaired) electrons. The molecule has 0 bridgehead atoms. The maximum Gasteiger partial charge on any atom is 0.0562 e. The molecule has 2 aromatic heterocycles. The molecule has 2 heterocycles. The molecule has 0 aliphatic rings. The Kier molecular flexibility index (Phi) is 8.11. The molecule has 0 atom stereocenters. The Bertz CT molecular complexity index is 3130. The number of hydrogen-bond donors (Lipinski definition) is 0. The van der Waals surface area contributed by atoms with E-state index in [0.717, 1.165) is 56.5 Å². The minimum atomic E-state index is 1.08. The zero-order valence-electron chi connectivity index (χ0n) is 31.7. The van der Waals surface area contributed by atoms with Gasteiger partial charge in [-0.2, -0.15) is 0 Å². The smallest absolute Gasteiger partial charge is 0.0562 e. The van der Waals surface area contributed by atoms with Gasteiger partial charge in [0.15, 0.2) is 0 Å². The summed E-state index contributed by atoms with van der Waals surface area (Å²) in [5.41, 5.74) is 13.5. The first-order valence-corrected chi connectivity index (χ1v) is 19.8. The molecule has 0 aliphatic heterocycles. The van der Waals surface area contributed by atoms with E-state index in [2.05, 4.69) is 249 Å². The average molecular weight is 743 g/mol. The van der Waals surface area contributed by atoms with Crippen molar-refractivity contribution in [2.45, 2.75) is 0 Å². The van der Waals surface area contributed by atoms with E-state index in [-0.39, 0.29) is 0 Å². The van der Waals surface area contributed by atoms with Crippen molar-refractivity contribution in [1.82, 2.24) is 9.13 Å². The summed E-state index contributed by atoms with van der Waals surface area (Å²) in [6.45, 7) is 0. The first kappa shape index (κ1) is 33.5. The molecule has 11 aromatic rings. The summed E-state index contributed by atoms with van der Waals surface area (Å²) in [6.07, 6.45) is 0. The first-order chi connectivity index (χ1) is 28.8. The lowest BCUT2D eigenvalue weighted by Crippen LogP contribution is -2.10. The Morgan fingerprint density at radius 2 is 0.621 bits per heavy atom. The molecule has 58 heavy (non-hydrogen) atoms. The number of hydrogen-bond acceptors (Lipinski definition) is 2. The van der Waals surface area contributed by atoms with Crippen LogP contribution in [0.25, 0.3) is 55.0 Å². The number of aromatic nitrogens is 2. The maximum atomic E-state index is 2.46. The normalized spacial score (nSPS) is 11.4. The van der Waals surface area contributed by atoms with Gasteiger partial charge in [-0.25, -0.2) is 0 Å². The number of anilines is 6. The molecule has 0 saturated heterocycles. The van der Waals surface area contributed by atoms with Crippen LogP contribution in [0.3, 0.4) is 0 Å². The maximum absolute atomic E-state index is 2.46. The van der Waals surface area contributed by atoms with Crippen LogP contribution in [-0.4, -0.2) is 9.13 Å². The lowest BCUT2D eigenvalue weighted by Gasteiger charge is -2.26. The Morgan fingerprint density at radius 1 is 0.224 bits per heavy atom. The van der Waals surface area contributed by atoms with E-state index >= 15 is 0 Å². The third-order valence-electron chi connectivity index (χ3n) is 11.2. The summed E-state index contributed by atoms with van der Waals surface area (Å²) in [5.74, 6) is 0. The van der Waals surface area contributed by atoms with Crippen molar-refractivity contribution in [3.05, 3.63) is 231 Å². The minimum absolute atomic E-state index is 1.08. The van der Waals surface area contributed by atoms with Crippen LogP contribution in [0.15, 0.2) is 231 Å². The number of para-hydroxylation sites is 6. The highest BCUT2D eigenvalue weighted by Gasteiger charge is 2.22. The Morgan fingerprint density at radius 3 is 1.17 bits per heavy atom. The summed E-state index contributed by atoms with van der Waals surface area (Å²) in [4.78, 5) is 4.68. The van der Waals surface area contributed by atoms with Crippen molar-refractivity contribution in [2.24, 2.45) is 0 Å². The summed E-state index contributed by atoms with van der Waals surface area (Å²) in [5, 5.41) is 4.89. The summed E-state index contributed by atoms with van der Waals surface area (Å²) in [6, 6.07) is 82.8. The average Bonchev–Trinajstić information content (AvgIpc) is 3.79. The highest BCUT2D eigenvalue weighted by Crippen LogP contribution is 2.43. The summed E-state index contributed by atoms with van der Waals surface area (Å²) < 4.78 is 4.87. The molecular formula is C54H38N4. The van der Waals surface area contributed by atoms with E-state index in [9.17, 15) is 0 Å². The fraction of sp³-hybridized carbons (Fsp3) is 0. The number of nitrogens with zero attached hydrogens (tertiary/aromatic N) is 4. The zero-order chi connectivity index (χ0) is 38.4. The predicted octanol–water partition coefficient (Wildman–Crippen LogP) is 14.8. The molecule has 11 rings (SSSR count). The van der Waals surface area contributed by atoms with Crippen LogP contribution in [-0.2, 0) is 0 Å². The number of benzene rings is 9. The molecule has 0 N–H and O–H groups in total. The highest BCUT2D eigenvalue weighted by molar-refractivity contribution is 6.19. The van der Waals surface area contributed by atoms with Gasteiger partial charge in [0.2, 0.25) is 0 Å². The van der Waals surface area contributed by atoms with Gasteiger partial charge in [0.05, 0.1) is 22.1 Å². The molecule has 0 unspecified atom stereocenters. The van der Waals surface area contributed by atoms with Crippen molar-refractivity contribution in [3.63, 3.8) is 0 Å². The Balaban J connectivity index is 1.22. The summed E-state index contributed by atoms with van der Waals surface area (Å²) in [7, 11) is 0. The number of fused-ring (bicyclic) bond motifs is 6. The van der Waals surface area contributed by atoms with Crippen LogP contribution < -0.4 is 9.80 Å². The van der Waals surface area contributed by atoms with Crippen molar-refractivity contribution in [3.8, 4) is 11.4 Å². The largest absolute Gasteiger partial charge is 0.310 e. The molecule has 0 saturated carbocycles. The SMILES string of the molecule is c1ccc(N(c2ccccc2)c2cccc(-n3c4cc(N(c5ccccc5)c5ccccc5)ccc4c4cc5c6ccccc6n(-c6ccccc6)c5cc43)c2)cc1. The molecular weight excluding hydrogens is 705 g/mol. The second kappa shape index (κ2) is 14.0. The standard InChI is InChI=1S/C54H38N4/c1-6-19-39(20-7-1)55(40-21-8-2-9-22-40)44-29-18-30-45(35-44)58-52-36-46(56(41-23-10-3-11-24-41)42-25-12-4-13-26-42)33-34-48(52)50-37-49-47-31-16-17-32-51(47)57(53(49)38-54(50)58)43-27-14-5-15-28-43/h1-38H. The van der Waals surface area contributed by atoms with E-state index in [0.29, 0.717) is 0 Å². The van der Waals surface area contributed by atoms with Gasteiger partial charge in [0, 0.05) is 67.0 Å². The molecule has 4 heteroatoms. The second-order valence-electron chi connectivity index (χ2n) is 14.6. The van der Waals surface area contributed by atoms with Gasteiger partial charge >= 0.3 is 0 Å². The third kappa shape index (κ3) is 5.62. The van der Waals surface area contributed by atoms with Crippen LogP contribution in [0, 0.1) is 0 Å². The first-order valence-electron chi connectivity index (χ1n) is 19.8. The van der Waals surface area contributed by atoms with Crippen LogP contribution in [0.1, 0.15) is 0 Å². The number of rotatable bonds is 8. The van der Waals surface area contributed by atoms with Crippen molar-refractivity contribution < 1.29 is 0 Å². The van der Waals surface area contributed by atoms with Gasteiger partial charge in [-0.3, -0.25) is 0 Å². The molecule has 274 valence electrons. The second-order valence-corrected chi connectivity index (χ2v) is 14.6. The van der Waals surface area contributed by atoms with Crippen LogP contribution in [0.2, 0.25) is 0 Å². The quantitative estimate of drug-likeness (QED) is 0.154. The van der Waals surface area contributed by atoms with E-state index in [4.69, 9.17) is 0 Å². The lowest BCUT2D eigenvalue weighted by atomic mass is 10.1. The Labute approximate surface area is 337 Å². The van der Waals surface area contributed by atoms with Crippen molar-refractivity contribution in [2.75, 3.05) is 9.80 Å². The molecule has 4 nitrogen and oxygen atoms in total. The van der Waals surface area contributed by atoms with Gasteiger partial charge in [-0.1, -0.05) is 121 Å². The fourth-order valence-corrected chi connectivity index (χ4v) is 8.71. The van der Waals surface area contributed by atoms with Crippen LogP contribution in [0.4, 0.5) is 34.1 Å². The highest BCUT2D eigenvalue weighted by atomic mass is 15.2. The Hall–Kier alpha value is -7.82. The lowest BCUT2D eigenvalue weighted by molar-refractivity contribution is 1.16. The molecule has 0 spiro atoms. The van der Waals surface area contributed by atoms with E-state index in [1.165, 1.54) is 32.6 Å². The fourth-order valence-electron chi connectivity index (χ4n) is 8.71. The van der Waals surface area contributed by atoms with Gasteiger partial charge in [0.25, 0.3) is 0 Å². The topological polar surface area (TPSA) is 16.3 Å². The molecule has 9 aromatic carbocycles. The molecule has 0 fully saturated rings. The van der Waals surface area contributed by atoms with Crippen LogP contribution >= 0.6 is 0 Å². The van der Waals surface area contributed by atoms with E-state index in [1.807, 2.05) is 0 Å². The van der Waals surface area contributed by atoms with Crippen molar-refractivity contribution in [1.29, 1.82) is 0 Å². The van der Waals surface area contributed by atoms with Crippen LogP contribution in [0.5, 0.6) is 0 Å². The molecule has 0 aliphatic carbocycles. The minimum Gasteiger partial charge on any atom is -0.310 e. The van der Waals surface area contributed by atoms with Crippen molar-refractivity contribution >= 4 is 77.7 Å². The van der Waals surface area contributed by atoms with Gasteiger partial charge in [-0.05, 0) is 109 Å². The monoisotopic (exact) mass is 742 g/mol. The van der Waals surface area contributed by atoms with Gasteiger partial charge in [-0.15, -0.1) is 0 Å². The van der Waals surface area contributed by atoms with Gasteiger partial charge in [0.1, 0.15) is 0 Å². The van der Waals surface area contributed by atoms with E-state index in [1.54, 1.807) is 0 Å². The third-order valence-corrected chi connectivity index (χ3v) is 11.2. The predicted molar refractivity (Wildman–Crippen MR) is 244 cm³/mol. The zero-order valence-corrected chi connectivity index (χ0v) is 31.7. The van der Waals surface area contributed by atoms with E-state index < -0.39 is 0 Å². The molecule has 0 amide bonds. The van der Waals surface area contributed by atoms with Gasteiger partial charge < -0.3 is 18.9 Å². The summed E-state index contributed by atoms with van der Waals surface area (Å²) >= 11 is 0.